The van der Waals surface area contributed by atoms with Crippen molar-refractivity contribution in [1.82, 2.24) is 4.98 Å². The predicted molar refractivity (Wildman–Crippen MR) is 66.2 cm³/mol. The van der Waals surface area contributed by atoms with Crippen molar-refractivity contribution in [3.8, 4) is 16.2 Å². The molecule has 5 heteroatoms. The minimum absolute atomic E-state index is 0.576. The van der Waals surface area contributed by atoms with Crippen LogP contribution >= 0.6 is 27.3 Å². The van der Waals surface area contributed by atoms with E-state index in [1.165, 1.54) is 11.3 Å². The number of benzene rings is 1. The van der Waals surface area contributed by atoms with Gasteiger partial charge in [-0.3, -0.25) is 0 Å². The molecule has 1 aromatic heterocycles. The summed E-state index contributed by atoms with van der Waals surface area (Å²) >= 11 is 4.87. The number of nitrogens with zero attached hydrogens (tertiary/aromatic N) is 1. The molecular weight excluding hydrogens is 276 g/mol. The van der Waals surface area contributed by atoms with Gasteiger partial charge in [0.25, 0.3) is 0 Å². The Hall–Kier alpha value is -1.07. The lowest BCUT2D eigenvalue weighted by Gasteiger charge is -2.04. The van der Waals surface area contributed by atoms with Gasteiger partial charge in [-0.1, -0.05) is 17.4 Å². The summed E-state index contributed by atoms with van der Waals surface area (Å²) < 4.78 is 6.16. The highest BCUT2D eigenvalue weighted by Gasteiger charge is 2.06. The third-order valence-electron chi connectivity index (χ3n) is 1.96. The second-order valence-electron chi connectivity index (χ2n) is 2.91. The second-order valence-corrected chi connectivity index (χ2v) is 4.83. The second kappa shape index (κ2) is 4.20. The number of rotatable bonds is 2. The lowest BCUT2D eigenvalue weighted by molar-refractivity contribution is 0.412. The molecule has 0 amide bonds. The van der Waals surface area contributed by atoms with Crippen LogP contribution in [0.5, 0.6) is 5.75 Å². The van der Waals surface area contributed by atoms with E-state index < -0.39 is 0 Å². The molecule has 0 saturated carbocycles. The fraction of sp³-hybridized carbons (Fsp3) is 0.100. The molecular formula is C10H9BrN2OS. The van der Waals surface area contributed by atoms with Crippen LogP contribution in [0.2, 0.25) is 0 Å². The maximum Gasteiger partial charge on any atom is 0.180 e. The molecule has 0 radical (unpaired) electrons. The van der Waals surface area contributed by atoms with Crippen LogP contribution in [-0.2, 0) is 0 Å². The SMILES string of the molecule is COc1cc(-c2cnc(N)s2)ccc1Br. The van der Waals surface area contributed by atoms with Gasteiger partial charge in [-0.25, -0.2) is 4.98 Å². The number of nitrogens with two attached hydrogens (primary N) is 1. The standard InChI is InChI=1S/C10H9BrN2OS/c1-14-8-4-6(2-3-7(8)11)9-5-13-10(12)15-9/h2-5H,1H3,(H2,12,13). The third kappa shape index (κ3) is 2.13. The normalized spacial score (nSPS) is 10.3. The first kappa shape index (κ1) is 10.4. The molecule has 1 aromatic carbocycles. The van der Waals surface area contributed by atoms with Crippen molar-refractivity contribution in [1.29, 1.82) is 0 Å². The Morgan fingerprint density at radius 3 is 2.87 bits per heavy atom. The number of thiazole rings is 1. The van der Waals surface area contributed by atoms with E-state index in [1.54, 1.807) is 13.3 Å². The smallest absolute Gasteiger partial charge is 0.180 e. The van der Waals surface area contributed by atoms with Gasteiger partial charge in [-0.15, -0.1) is 0 Å². The highest BCUT2D eigenvalue weighted by atomic mass is 79.9. The van der Waals surface area contributed by atoms with Gasteiger partial charge in [0, 0.05) is 6.20 Å². The van der Waals surface area contributed by atoms with E-state index in [1.807, 2.05) is 18.2 Å². The fourth-order valence-corrected chi connectivity index (χ4v) is 2.32. The van der Waals surface area contributed by atoms with Gasteiger partial charge in [0.2, 0.25) is 0 Å². The Bertz CT molecular complexity index is 484. The van der Waals surface area contributed by atoms with Gasteiger partial charge in [0.1, 0.15) is 5.75 Å². The lowest BCUT2D eigenvalue weighted by Crippen LogP contribution is -1.84. The quantitative estimate of drug-likeness (QED) is 0.922. The molecule has 0 spiro atoms. The summed E-state index contributed by atoms with van der Waals surface area (Å²) in [6, 6.07) is 5.90. The molecule has 3 nitrogen and oxygen atoms in total. The van der Waals surface area contributed by atoms with Gasteiger partial charge in [-0.2, -0.15) is 0 Å². The van der Waals surface area contributed by atoms with Crippen LogP contribution < -0.4 is 10.5 Å². The van der Waals surface area contributed by atoms with Crippen LogP contribution in [0.25, 0.3) is 10.4 Å². The molecule has 2 rings (SSSR count). The number of halogens is 1. The lowest BCUT2D eigenvalue weighted by atomic mass is 10.2. The van der Waals surface area contributed by atoms with Crippen molar-refractivity contribution >= 4 is 32.4 Å². The van der Waals surface area contributed by atoms with E-state index in [-0.39, 0.29) is 0 Å². The van der Waals surface area contributed by atoms with E-state index in [9.17, 15) is 0 Å². The minimum Gasteiger partial charge on any atom is -0.496 e. The van der Waals surface area contributed by atoms with Crippen molar-refractivity contribution in [3.63, 3.8) is 0 Å². The average molecular weight is 285 g/mol. The van der Waals surface area contributed by atoms with Crippen LogP contribution in [0.1, 0.15) is 0 Å². The number of ether oxygens (including phenoxy) is 1. The van der Waals surface area contributed by atoms with Crippen molar-refractivity contribution in [3.05, 3.63) is 28.9 Å². The summed E-state index contributed by atoms with van der Waals surface area (Å²) in [5, 5.41) is 0.576. The van der Waals surface area contributed by atoms with Gasteiger partial charge in [0.05, 0.1) is 16.5 Å². The monoisotopic (exact) mass is 284 g/mol. The zero-order valence-electron chi connectivity index (χ0n) is 8.03. The first-order chi connectivity index (χ1) is 7.20. The molecule has 0 bridgehead atoms. The Balaban J connectivity index is 2.45. The summed E-state index contributed by atoms with van der Waals surface area (Å²) in [4.78, 5) is 5.05. The molecule has 0 saturated heterocycles. The highest BCUT2D eigenvalue weighted by molar-refractivity contribution is 9.10. The maximum absolute atomic E-state index is 5.58. The van der Waals surface area contributed by atoms with Gasteiger partial charge >= 0.3 is 0 Å². The number of aromatic nitrogens is 1. The van der Waals surface area contributed by atoms with Gasteiger partial charge in [-0.05, 0) is 33.6 Å². The molecule has 0 unspecified atom stereocenters. The predicted octanol–water partition coefficient (Wildman–Crippen LogP) is 3.16. The third-order valence-corrected chi connectivity index (χ3v) is 3.49. The van der Waals surface area contributed by atoms with Crippen molar-refractivity contribution in [2.24, 2.45) is 0 Å². The number of methoxy groups -OCH3 is 1. The molecule has 2 N–H and O–H groups in total. The number of nitrogen functional groups attached to an aromatic ring is 1. The maximum atomic E-state index is 5.58. The van der Waals surface area contributed by atoms with Gasteiger partial charge in [0.15, 0.2) is 5.13 Å². The molecule has 2 aromatic rings. The number of anilines is 1. The molecule has 78 valence electrons. The molecule has 0 aliphatic heterocycles. The fourth-order valence-electron chi connectivity index (χ4n) is 1.23. The van der Waals surface area contributed by atoms with Crippen LogP contribution in [-0.4, -0.2) is 12.1 Å². The molecule has 1 heterocycles. The number of hydrogen-bond acceptors (Lipinski definition) is 4. The molecule has 0 aliphatic rings. The molecule has 0 aliphatic carbocycles. The van der Waals surface area contributed by atoms with Crippen LogP contribution in [0, 0.1) is 0 Å². The van der Waals surface area contributed by atoms with Crippen molar-refractivity contribution < 1.29 is 4.74 Å². The zero-order chi connectivity index (χ0) is 10.8. The van der Waals surface area contributed by atoms with Crippen LogP contribution in [0.15, 0.2) is 28.9 Å². The van der Waals surface area contributed by atoms with E-state index >= 15 is 0 Å². The first-order valence-corrected chi connectivity index (χ1v) is 5.87. The van der Waals surface area contributed by atoms with E-state index in [4.69, 9.17) is 10.5 Å². The molecule has 15 heavy (non-hydrogen) atoms. The minimum atomic E-state index is 0.576. The first-order valence-electron chi connectivity index (χ1n) is 4.26. The van der Waals surface area contributed by atoms with E-state index in [0.717, 1.165) is 20.7 Å². The Kier molecular flexibility index (Phi) is 2.93. The van der Waals surface area contributed by atoms with Crippen molar-refractivity contribution in [2.45, 2.75) is 0 Å². The average Bonchev–Trinajstić information content (AvgIpc) is 2.66. The van der Waals surface area contributed by atoms with Crippen molar-refractivity contribution in [2.75, 3.05) is 12.8 Å². The summed E-state index contributed by atoms with van der Waals surface area (Å²) in [6.07, 6.45) is 1.77. The molecule has 0 atom stereocenters. The summed E-state index contributed by atoms with van der Waals surface area (Å²) in [5.74, 6) is 0.805. The summed E-state index contributed by atoms with van der Waals surface area (Å²) in [6.45, 7) is 0. The summed E-state index contributed by atoms with van der Waals surface area (Å²) in [5.41, 5.74) is 6.64. The summed E-state index contributed by atoms with van der Waals surface area (Å²) in [7, 11) is 1.64. The van der Waals surface area contributed by atoms with Gasteiger partial charge < -0.3 is 10.5 Å². The van der Waals surface area contributed by atoms with E-state index in [0.29, 0.717) is 5.13 Å². The highest BCUT2D eigenvalue weighted by Crippen LogP contribution is 2.33. The largest absolute Gasteiger partial charge is 0.496 e. The van der Waals surface area contributed by atoms with Crippen LogP contribution in [0.3, 0.4) is 0 Å². The Labute approximate surface area is 100 Å². The Morgan fingerprint density at radius 2 is 2.27 bits per heavy atom. The zero-order valence-corrected chi connectivity index (χ0v) is 10.4. The van der Waals surface area contributed by atoms with E-state index in [2.05, 4.69) is 20.9 Å². The molecule has 0 fully saturated rings. The topological polar surface area (TPSA) is 48.1 Å². The number of hydrogen-bond donors (Lipinski definition) is 1. The van der Waals surface area contributed by atoms with Crippen LogP contribution in [0.4, 0.5) is 5.13 Å². The Morgan fingerprint density at radius 1 is 1.47 bits per heavy atom.